The highest BCUT2D eigenvalue weighted by Crippen LogP contribution is 2.30. The lowest BCUT2D eigenvalue weighted by Gasteiger charge is -2.36. The summed E-state index contributed by atoms with van der Waals surface area (Å²) in [6.45, 7) is 5.00. The number of benzene rings is 2. The number of ether oxygens (including phenoxy) is 3. The van der Waals surface area contributed by atoms with Crippen molar-refractivity contribution in [2.24, 2.45) is 0 Å². The molecular weight excluding hydrogens is 438 g/mol. The number of methoxy groups -OCH3 is 1. The van der Waals surface area contributed by atoms with Crippen LogP contribution in [-0.2, 0) is 16.0 Å². The fourth-order valence-electron chi connectivity index (χ4n) is 4.41. The molecule has 0 saturated carbocycles. The third-order valence-corrected chi connectivity index (χ3v) is 7.21. The van der Waals surface area contributed by atoms with Crippen LogP contribution < -0.4 is 9.64 Å². The van der Waals surface area contributed by atoms with Crippen LogP contribution in [0.25, 0.3) is 10.2 Å². The molecule has 2 aliphatic rings. The van der Waals surface area contributed by atoms with Gasteiger partial charge in [0.05, 0.1) is 41.7 Å². The monoisotopic (exact) mass is 467 g/mol. The SMILES string of the molecule is COC(=O)c1ccc(OC2CCCCO2)cc1N1CCN(Cc2nc3ccccc3s2)CC1. The van der Waals surface area contributed by atoms with Crippen LogP contribution in [0.15, 0.2) is 42.5 Å². The number of carbonyl (C=O) groups is 1. The van der Waals surface area contributed by atoms with E-state index in [0.717, 1.165) is 80.6 Å². The highest BCUT2D eigenvalue weighted by Gasteiger charge is 2.24. The fraction of sp³-hybridized carbons (Fsp3) is 0.440. The van der Waals surface area contributed by atoms with Crippen LogP contribution in [0.3, 0.4) is 0 Å². The molecule has 33 heavy (non-hydrogen) atoms. The van der Waals surface area contributed by atoms with E-state index in [1.165, 1.54) is 11.8 Å². The van der Waals surface area contributed by atoms with Crippen LogP contribution in [0.2, 0.25) is 0 Å². The average Bonchev–Trinajstić information content (AvgIpc) is 3.27. The van der Waals surface area contributed by atoms with E-state index in [-0.39, 0.29) is 12.3 Å². The van der Waals surface area contributed by atoms with E-state index in [2.05, 4.69) is 28.0 Å². The maximum atomic E-state index is 12.4. The number of carbonyl (C=O) groups excluding carboxylic acids is 1. The van der Waals surface area contributed by atoms with E-state index < -0.39 is 0 Å². The summed E-state index contributed by atoms with van der Waals surface area (Å²) in [4.78, 5) is 21.9. The standard InChI is InChI=1S/C25H29N3O4S/c1-30-25(29)19-10-9-18(32-24-8-4-5-15-31-24)16-21(19)28-13-11-27(12-14-28)17-23-26-20-6-2-3-7-22(20)33-23/h2-3,6-7,9-10,16,24H,4-5,8,11-15,17H2,1H3. The van der Waals surface area contributed by atoms with Crippen molar-refractivity contribution in [2.75, 3.05) is 44.8 Å². The smallest absolute Gasteiger partial charge is 0.339 e. The minimum Gasteiger partial charge on any atom is -0.465 e. The van der Waals surface area contributed by atoms with Gasteiger partial charge >= 0.3 is 5.97 Å². The Kier molecular flexibility index (Phi) is 6.75. The lowest BCUT2D eigenvalue weighted by Crippen LogP contribution is -2.46. The van der Waals surface area contributed by atoms with Gasteiger partial charge in [-0.05, 0) is 37.1 Å². The third kappa shape index (κ3) is 5.13. The van der Waals surface area contributed by atoms with Crippen LogP contribution >= 0.6 is 11.3 Å². The number of rotatable bonds is 6. The molecule has 0 aliphatic carbocycles. The van der Waals surface area contributed by atoms with Gasteiger partial charge in [0.2, 0.25) is 0 Å². The Morgan fingerprint density at radius 1 is 1.15 bits per heavy atom. The van der Waals surface area contributed by atoms with E-state index in [4.69, 9.17) is 19.2 Å². The van der Waals surface area contributed by atoms with Gasteiger partial charge in [-0.15, -0.1) is 11.3 Å². The molecule has 0 bridgehead atoms. The van der Waals surface area contributed by atoms with Crippen molar-refractivity contribution in [1.82, 2.24) is 9.88 Å². The Balaban J connectivity index is 1.27. The molecule has 0 amide bonds. The van der Waals surface area contributed by atoms with Crippen molar-refractivity contribution in [1.29, 1.82) is 0 Å². The van der Waals surface area contributed by atoms with E-state index in [9.17, 15) is 4.79 Å². The van der Waals surface area contributed by atoms with Gasteiger partial charge in [0.25, 0.3) is 0 Å². The topological polar surface area (TPSA) is 64.1 Å². The van der Waals surface area contributed by atoms with Crippen molar-refractivity contribution in [3.8, 4) is 5.75 Å². The van der Waals surface area contributed by atoms with Gasteiger partial charge < -0.3 is 19.1 Å². The third-order valence-electron chi connectivity index (χ3n) is 6.19. The molecule has 7 nitrogen and oxygen atoms in total. The highest BCUT2D eigenvalue weighted by atomic mass is 32.1. The quantitative estimate of drug-likeness (QED) is 0.501. The molecule has 2 saturated heterocycles. The molecule has 8 heteroatoms. The molecule has 1 aromatic heterocycles. The summed E-state index contributed by atoms with van der Waals surface area (Å²) >= 11 is 1.76. The zero-order valence-electron chi connectivity index (χ0n) is 18.9. The second-order valence-electron chi connectivity index (χ2n) is 8.42. The van der Waals surface area contributed by atoms with E-state index in [0.29, 0.717) is 5.56 Å². The number of aromatic nitrogens is 1. The lowest BCUT2D eigenvalue weighted by molar-refractivity contribution is -0.105. The number of esters is 1. The normalized spacial score (nSPS) is 19.5. The zero-order valence-corrected chi connectivity index (χ0v) is 19.7. The molecule has 2 aliphatic heterocycles. The van der Waals surface area contributed by atoms with Gasteiger partial charge in [-0.25, -0.2) is 9.78 Å². The van der Waals surface area contributed by atoms with Crippen LogP contribution in [0.5, 0.6) is 5.75 Å². The number of para-hydroxylation sites is 1. The fourth-order valence-corrected chi connectivity index (χ4v) is 5.42. The Labute approximate surface area is 197 Å². The summed E-state index contributed by atoms with van der Waals surface area (Å²) in [6, 6.07) is 13.9. The zero-order chi connectivity index (χ0) is 22.6. The summed E-state index contributed by atoms with van der Waals surface area (Å²) < 4.78 is 18.1. The molecule has 0 radical (unpaired) electrons. The van der Waals surface area contributed by atoms with Gasteiger partial charge in [0, 0.05) is 38.7 Å². The molecule has 1 unspecified atom stereocenters. The molecule has 2 aromatic carbocycles. The summed E-state index contributed by atoms with van der Waals surface area (Å²) in [6.07, 6.45) is 2.85. The number of thiazole rings is 1. The molecule has 0 N–H and O–H groups in total. The first-order chi connectivity index (χ1) is 16.2. The Morgan fingerprint density at radius 2 is 2.00 bits per heavy atom. The Hall–Kier alpha value is -2.68. The Morgan fingerprint density at radius 3 is 2.76 bits per heavy atom. The summed E-state index contributed by atoms with van der Waals surface area (Å²) in [7, 11) is 1.42. The van der Waals surface area contributed by atoms with Crippen molar-refractivity contribution in [3.05, 3.63) is 53.0 Å². The van der Waals surface area contributed by atoms with Crippen molar-refractivity contribution >= 4 is 33.2 Å². The first kappa shape index (κ1) is 22.1. The van der Waals surface area contributed by atoms with Gasteiger partial charge in [-0.2, -0.15) is 0 Å². The van der Waals surface area contributed by atoms with Crippen LogP contribution in [-0.4, -0.2) is 62.0 Å². The van der Waals surface area contributed by atoms with Gasteiger partial charge in [-0.3, -0.25) is 4.90 Å². The lowest BCUT2D eigenvalue weighted by atomic mass is 10.1. The number of hydrogen-bond acceptors (Lipinski definition) is 8. The number of hydrogen-bond donors (Lipinski definition) is 0. The van der Waals surface area contributed by atoms with E-state index in [1.807, 2.05) is 18.2 Å². The van der Waals surface area contributed by atoms with Crippen LogP contribution in [0, 0.1) is 0 Å². The summed E-state index contributed by atoms with van der Waals surface area (Å²) in [5, 5.41) is 1.14. The number of fused-ring (bicyclic) bond motifs is 1. The van der Waals surface area contributed by atoms with Crippen molar-refractivity contribution in [2.45, 2.75) is 32.1 Å². The molecule has 1 atom stereocenters. The average molecular weight is 468 g/mol. The maximum absolute atomic E-state index is 12.4. The van der Waals surface area contributed by atoms with Gasteiger partial charge in [0.1, 0.15) is 10.8 Å². The summed E-state index contributed by atoms with van der Waals surface area (Å²) in [5.74, 6) is 0.392. The first-order valence-electron chi connectivity index (χ1n) is 11.5. The maximum Gasteiger partial charge on any atom is 0.339 e. The van der Waals surface area contributed by atoms with E-state index >= 15 is 0 Å². The predicted molar refractivity (Wildman–Crippen MR) is 129 cm³/mol. The van der Waals surface area contributed by atoms with Crippen LogP contribution in [0.4, 0.5) is 5.69 Å². The number of anilines is 1. The van der Waals surface area contributed by atoms with Gasteiger partial charge in [-0.1, -0.05) is 12.1 Å². The molecular formula is C25H29N3O4S. The summed E-state index contributed by atoms with van der Waals surface area (Å²) in [5.41, 5.74) is 2.49. The molecule has 2 fully saturated rings. The minimum atomic E-state index is -0.331. The number of nitrogens with zero attached hydrogens (tertiary/aromatic N) is 3. The molecule has 0 spiro atoms. The molecule has 3 aromatic rings. The molecule has 5 rings (SSSR count). The number of piperazine rings is 1. The van der Waals surface area contributed by atoms with E-state index in [1.54, 1.807) is 17.4 Å². The minimum absolute atomic E-state index is 0.221. The predicted octanol–water partition coefficient (Wildman–Crippen LogP) is 4.31. The van der Waals surface area contributed by atoms with Gasteiger partial charge in [0.15, 0.2) is 6.29 Å². The van der Waals surface area contributed by atoms with Crippen molar-refractivity contribution in [3.63, 3.8) is 0 Å². The first-order valence-corrected chi connectivity index (χ1v) is 12.3. The highest BCUT2D eigenvalue weighted by molar-refractivity contribution is 7.18. The largest absolute Gasteiger partial charge is 0.465 e. The second-order valence-corrected chi connectivity index (χ2v) is 9.54. The van der Waals surface area contributed by atoms with Crippen LogP contribution in [0.1, 0.15) is 34.6 Å². The Bertz CT molecular complexity index is 1070. The van der Waals surface area contributed by atoms with Crippen molar-refractivity contribution < 1.29 is 19.0 Å². The molecule has 3 heterocycles. The second kappa shape index (κ2) is 10.1. The molecule has 174 valence electrons.